The van der Waals surface area contributed by atoms with E-state index < -0.39 is 0 Å². The van der Waals surface area contributed by atoms with Crippen LogP contribution in [0.25, 0.3) is 0 Å². The summed E-state index contributed by atoms with van der Waals surface area (Å²) < 4.78 is 0. The van der Waals surface area contributed by atoms with Gasteiger partial charge in [0.2, 0.25) is 0 Å². The average molecular weight is 173 g/mol. The zero-order chi connectivity index (χ0) is 9.61. The molecule has 0 heterocycles. The van der Waals surface area contributed by atoms with Crippen LogP contribution in [0.1, 0.15) is 33.6 Å². The number of nitrogens with two attached hydrogens (primary N) is 1. The zero-order valence-corrected chi connectivity index (χ0v) is 9.35. The van der Waals surface area contributed by atoms with Crippen LogP contribution in [-0.2, 0) is 0 Å². The molecule has 2 nitrogen and oxygen atoms in total. The van der Waals surface area contributed by atoms with Crippen molar-refractivity contribution in [1.29, 1.82) is 0 Å². The lowest BCUT2D eigenvalue weighted by Crippen LogP contribution is -2.79. The molecular weight excluding hydrogens is 148 g/mol. The summed E-state index contributed by atoms with van der Waals surface area (Å²) >= 11 is 0. The topological polar surface area (TPSA) is 19.9 Å². The Morgan fingerprint density at radius 2 is 1.75 bits per heavy atom. The molecule has 0 unspecified atom stereocenters. The minimum absolute atomic E-state index is 0.329. The van der Waals surface area contributed by atoms with Gasteiger partial charge in [0.15, 0.2) is 0 Å². The summed E-state index contributed by atoms with van der Waals surface area (Å²) in [6.45, 7) is 9.27. The maximum Gasteiger partial charge on any atom is 0.0753 e. The van der Waals surface area contributed by atoms with E-state index in [1.54, 1.807) is 0 Å². The second-order valence-corrected chi connectivity index (χ2v) is 4.50. The maximum atomic E-state index is 2.42. The smallest absolute Gasteiger partial charge is 0.0753 e. The van der Waals surface area contributed by atoms with Gasteiger partial charge in [-0.15, -0.1) is 0 Å². The molecule has 0 rings (SSSR count). The van der Waals surface area contributed by atoms with Crippen LogP contribution in [0.3, 0.4) is 0 Å². The first-order valence-corrected chi connectivity index (χ1v) is 4.97. The van der Waals surface area contributed by atoms with Gasteiger partial charge in [0.05, 0.1) is 13.6 Å². The molecule has 0 aliphatic heterocycles. The number of hydrogen-bond acceptors (Lipinski definition) is 1. The fourth-order valence-corrected chi connectivity index (χ4v) is 1.03. The van der Waals surface area contributed by atoms with Gasteiger partial charge in [-0.05, 0) is 47.2 Å². The van der Waals surface area contributed by atoms with Crippen molar-refractivity contribution in [3.63, 3.8) is 0 Å². The van der Waals surface area contributed by atoms with Crippen molar-refractivity contribution in [2.45, 2.75) is 39.2 Å². The lowest BCUT2D eigenvalue weighted by Gasteiger charge is -2.31. The molecule has 0 atom stereocenters. The molecule has 12 heavy (non-hydrogen) atoms. The molecular formula is C10H25N2+. The molecule has 0 aromatic heterocycles. The summed E-state index contributed by atoms with van der Waals surface area (Å²) in [5.41, 5.74) is 0.329. The number of hydrogen-bond donors (Lipinski definition) is 1. The summed E-state index contributed by atoms with van der Waals surface area (Å²) in [7, 11) is 4.34. The van der Waals surface area contributed by atoms with Gasteiger partial charge in [-0.1, -0.05) is 0 Å². The third kappa shape index (κ3) is 5.56. The van der Waals surface area contributed by atoms with Crippen molar-refractivity contribution in [1.82, 2.24) is 4.90 Å². The highest BCUT2D eigenvalue weighted by Gasteiger charge is 2.15. The van der Waals surface area contributed by atoms with Gasteiger partial charge in [-0.25, -0.2) is 0 Å². The van der Waals surface area contributed by atoms with Crippen molar-refractivity contribution in [2.24, 2.45) is 0 Å². The molecule has 0 aromatic carbocycles. The highest BCUT2D eigenvalue weighted by atomic mass is 15.1. The standard InChI is InChI=1S/C10H24N2/c1-10(2,3)12(5)9-7-6-8-11-4/h11H,6-9H2,1-5H3/p+1. The Labute approximate surface area is 77.3 Å². The van der Waals surface area contributed by atoms with Crippen LogP contribution in [0.15, 0.2) is 0 Å². The summed E-state index contributed by atoms with van der Waals surface area (Å²) in [6, 6.07) is 0. The van der Waals surface area contributed by atoms with Crippen LogP contribution < -0.4 is 5.32 Å². The second kappa shape index (κ2) is 5.55. The largest absolute Gasteiger partial charge is 0.349 e. The quantitative estimate of drug-likeness (QED) is 0.606. The molecule has 2 N–H and O–H groups in total. The SMILES string of the molecule is C[NH2+]CCCCN(C)C(C)(C)C. The minimum Gasteiger partial charge on any atom is -0.349 e. The van der Waals surface area contributed by atoms with E-state index in [1.165, 1.54) is 25.9 Å². The monoisotopic (exact) mass is 173 g/mol. The van der Waals surface area contributed by atoms with Gasteiger partial charge in [-0.3, -0.25) is 0 Å². The summed E-state index contributed by atoms with van der Waals surface area (Å²) in [4.78, 5) is 2.42. The first kappa shape index (κ1) is 11.9. The molecule has 0 aliphatic carbocycles. The Balaban J connectivity index is 3.38. The van der Waals surface area contributed by atoms with Crippen LogP contribution in [0.2, 0.25) is 0 Å². The van der Waals surface area contributed by atoms with Crippen molar-refractivity contribution in [3.8, 4) is 0 Å². The molecule has 0 spiro atoms. The normalized spacial score (nSPS) is 12.5. The van der Waals surface area contributed by atoms with Crippen LogP contribution in [0.4, 0.5) is 0 Å². The fraction of sp³-hybridized carbons (Fsp3) is 1.00. The Bertz CT molecular complexity index is 105. The van der Waals surface area contributed by atoms with Gasteiger partial charge in [-0.2, -0.15) is 0 Å². The molecule has 0 saturated carbocycles. The predicted octanol–water partition coefficient (Wildman–Crippen LogP) is 0.690. The number of unbranched alkanes of at least 4 members (excludes halogenated alkanes) is 1. The molecule has 0 saturated heterocycles. The van der Waals surface area contributed by atoms with Crippen molar-refractivity contribution in [2.75, 3.05) is 27.2 Å². The highest BCUT2D eigenvalue weighted by Crippen LogP contribution is 2.10. The first-order chi connectivity index (χ1) is 5.48. The van der Waals surface area contributed by atoms with Crippen LogP contribution >= 0.6 is 0 Å². The summed E-state index contributed by atoms with van der Waals surface area (Å²) in [5.74, 6) is 0. The third-order valence-electron chi connectivity index (χ3n) is 2.38. The molecule has 74 valence electrons. The van der Waals surface area contributed by atoms with E-state index in [2.05, 4.69) is 45.1 Å². The van der Waals surface area contributed by atoms with Gasteiger partial charge in [0.25, 0.3) is 0 Å². The van der Waals surface area contributed by atoms with E-state index in [1.807, 2.05) is 0 Å². The zero-order valence-electron chi connectivity index (χ0n) is 9.35. The molecule has 0 bridgehead atoms. The second-order valence-electron chi connectivity index (χ2n) is 4.50. The van der Waals surface area contributed by atoms with Crippen LogP contribution in [0, 0.1) is 0 Å². The Morgan fingerprint density at radius 3 is 2.17 bits per heavy atom. The number of quaternary nitrogens is 1. The van der Waals surface area contributed by atoms with Gasteiger partial charge in [0, 0.05) is 5.54 Å². The molecule has 0 aromatic rings. The number of rotatable bonds is 5. The maximum absolute atomic E-state index is 2.42. The first-order valence-electron chi connectivity index (χ1n) is 4.97. The van der Waals surface area contributed by atoms with Crippen molar-refractivity contribution < 1.29 is 5.32 Å². The van der Waals surface area contributed by atoms with Crippen LogP contribution in [0.5, 0.6) is 0 Å². The Hall–Kier alpha value is -0.0800. The predicted molar refractivity (Wildman–Crippen MR) is 54.3 cm³/mol. The van der Waals surface area contributed by atoms with Gasteiger partial charge >= 0.3 is 0 Å². The van der Waals surface area contributed by atoms with Crippen molar-refractivity contribution >= 4 is 0 Å². The fourth-order valence-electron chi connectivity index (χ4n) is 1.03. The average Bonchev–Trinajstić information content (AvgIpc) is 1.96. The van der Waals surface area contributed by atoms with Gasteiger partial charge in [0.1, 0.15) is 0 Å². The lowest BCUT2D eigenvalue weighted by atomic mass is 10.1. The van der Waals surface area contributed by atoms with E-state index in [9.17, 15) is 0 Å². The van der Waals surface area contributed by atoms with E-state index in [4.69, 9.17) is 0 Å². The van der Waals surface area contributed by atoms with E-state index in [0.29, 0.717) is 5.54 Å². The molecule has 0 aliphatic rings. The Kier molecular flexibility index (Phi) is 5.51. The van der Waals surface area contributed by atoms with Crippen molar-refractivity contribution in [3.05, 3.63) is 0 Å². The molecule has 0 amide bonds. The molecule has 2 heteroatoms. The highest BCUT2D eigenvalue weighted by molar-refractivity contribution is 4.72. The summed E-state index contributed by atoms with van der Waals surface area (Å²) in [6.07, 6.45) is 2.65. The Morgan fingerprint density at radius 1 is 1.17 bits per heavy atom. The molecule has 0 fully saturated rings. The van der Waals surface area contributed by atoms with E-state index in [0.717, 1.165) is 0 Å². The van der Waals surface area contributed by atoms with Crippen LogP contribution in [-0.4, -0.2) is 37.6 Å². The summed E-state index contributed by atoms with van der Waals surface area (Å²) in [5, 5.41) is 2.25. The lowest BCUT2D eigenvalue weighted by molar-refractivity contribution is -0.627. The van der Waals surface area contributed by atoms with Gasteiger partial charge < -0.3 is 10.2 Å². The minimum atomic E-state index is 0.329. The third-order valence-corrected chi connectivity index (χ3v) is 2.38. The van der Waals surface area contributed by atoms with E-state index in [-0.39, 0.29) is 0 Å². The molecule has 0 radical (unpaired) electrons. The number of nitrogens with zero attached hydrogens (tertiary/aromatic N) is 1. The van der Waals surface area contributed by atoms with E-state index >= 15 is 0 Å².